The molecule has 0 saturated carbocycles. The van der Waals surface area contributed by atoms with Crippen molar-refractivity contribution in [3.8, 4) is 17.0 Å². The Morgan fingerprint density at radius 2 is 2.00 bits per heavy atom. The highest BCUT2D eigenvalue weighted by Crippen LogP contribution is 2.38. The number of benzene rings is 2. The molecular formula is C25H27ClN6O. The van der Waals surface area contributed by atoms with E-state index in [0.717, 1.165) is 54.0 Å². The fourth-order valence-corrected chi connectivity index (χ4v) is 4.57. The van der Waals surface area contributed by atoms with E-state index in [1.54, 1.807) is 13.3 Å². The molecule has 0 aliphatic carbocycles. The maximum absolute atomic E-state index is 6.47. The molecule has 1 aliphatic heterocycles. The molecular weight excluding hydrogens is 436 g/mol. The summed E-state index contributed by atoms with van der Waals surface area (Å²) in [4.78, 5) is 14.7. The SMILES string of the molecule is COc1cc(N2CCC(C)CC2)c(N)cc1Nc1ncc(Cl)c(-c2c[nH]c3ccccc23)n1. The van der Waals surface area contributed by atoms with E-state index in [2.05, 4.69) is 27.1 Å². The topological polar surface area (TPSA) is 92.1 Å². The van der Waals surface area contributed by atoms with Crippen molar-refractivity contribution in [2.45, 2.75) is 19.8 Å². The van der Waals surface area contributed by atoms with Crippen LogP contribution in [-0.2, 0) is 0 Å². The number of fused-ring (bicyclic) bond motifs is 1. The Morgan fingerprint density at radius 1 is 1.21 bits per heavy atom. The first-order valence-corrected chi connectivity index (χ1v) is 11.5. The number of nitrogens with one attached hydrogen (secondary N) is 2. The number of nitrogens with zero attached hydrogens (tertiary/aromatic N) is 3. The number of halogens is 1. The molecule has 0 radical (unpaired) electrons. The maximum Gasteiger partial charge on any atom is 0.227 e. The van der Waals surface area contributed by atoms with Gasteiger partial charge in [0.2, 0.25) is 5.95 Å². The zero-order valence-electron chi connectivity index (χ0n) is 18.7. The molecule has 1 fully saturated rings. The summed E-state index contributed by atoms with van der Waals surface area (Å²) >= 11 is 6.47. The van der Waals surface area contributed by atoms with Gasteiger partial charge in [-0.3, -0.25) is 0 Å². The smallest absolute Gasteiger partial charge is 0.227 e. The van der Waals surface area contributed by atoms with E-state index in [-0.39, 0.29) is 0 Å². The number of ether oxygens (including phenoxy) is 1. The first-order chi connectivity index (χ1) is 16.0. The van der Waals surface area contributed by atoms with E-state index in [4.69, 9.17) is 27.1 Å². The number of nitrogen functional groups attached to an aromatic ring is 1. The summed E-state index contributed by atoms with van der Waals surface area (Å²) in [5.74, 6) is 1.85. The van der Waals surface area contributed by atoms with Crippen LogP contribution in [0.5, 0.6) is 5.75 Å². The van der Waals surface area contributed by atoms with Gasteiger partial charge in [0, 0.05) is 41.8 Å². The Hall–Kier alpha value is -3.45. The van der Waals surface area contributed by atoms with E-state index in [1.807, 2.05) is 42.6 Å². The molecule has 33 heavy (non-hydrogen) atoms. The van der Waals surface area contributed by atoms with Gasteiger partial charge >= 0.3 is 0 Å². The Balaban J connectivity index is 1.47. The van der Waals surface area contributed by atoms with Crippen LogP contribution < -0.4 is 20.7 Å². The van der Waals surface area contributed by atoms with Crippen molar-refractivity contribution in [1.29, 1.82) is 0 Å². The lowest BCUT2D eigenvalue weighted by Crippen LogP contribution is -2.33. The van der Waals surface area contributed by atoms with Gasteiger partial charge in [0.15, 0.2) is 0 Å². The normalized spacial score (nSPS) is 14.6. The first-order valence-electron chi connectivity index (χ1n) is 11.1. The number of rotatable bonds is 5. The summed E-state index contributed by atoms with van der Waals surface area (Å²) in [5.41, 5.74) is 11.4. The number of aromatic amines is 1. The molecule has 1 saturated heterocycles. The lowest BCUT2D eigenvalue weighted by molar-refractivity contribution is 0.415. The lowest BCUT2D eigenvalue weighted by atomic mass is 9.98. The highest BCUT2D eigenvalue weighted by atomic mass is 35.5. The zero-order valence-corrected chi connectivity index (χ0v) is 19.5. The Kier molecular flexibility index (Phi) is 5.72. The van der Waals surface area contributed by atoms with Crippen molar-refractivity contribution < 1.29 is 4.74 Å². The van der Waals surface area contributed by atoms with Gasteiger partial charge in [-0.15, -0.1) is 0 Å². The molecule has 0 atom stereocenters. The van der Waals surface area contributed by atoms with Crippen LogP contribution in [0.1, 0.15) is 19.8 Å². The van der Waals surface area contributed by atoms with Gasteiger partial charge in [0.05, 0.1) is 41.1 Å². The third-order valence-electron chi connectivity index (χ3n) is 6.31. The molecule has 4 aromatic rings. The fraction of sp³-hybridized carbons (Fsp3) is 0.280. The molecule has 170 valence electrons. The highest BCUT2D eigenvalue weighted by molar-refractivity contribution is 6.33. The average molecular weight is 463 g/mol. The van der Waals surface area contributed by atoms with Crippen LogP contribution in [0.3, 0.4) is 0 Å². The second kappa shape index (κ2) is 8.83. The maximum atomic E-state index is 6.47. The van der Waals surface area contributed by atoms with Gasteiger partial charge in [-0.2, -0.15) is 0 Å². The van der Waals surface area contributed by atoms with E-state index in [1.165, 1.54) is 0 Å². The molecule has 7 nitrogen and oxygen atoms in total. The van der Waals surface area contributed by atoms with Crippen LogP contribution in [0.4, 0.5) is 23.0 Å². The quantitative estimate of drug-likeness (QED) is 0.322. The molecule has 2 aromatic heterocycles. The monoisotopic (exact) mass is 462 g/mol. The van der Waals surface area contributed by atoms with E-state index in [0.29, 0.717) is 33.8 Å². The number of aromatic nitrogens is 3. The predicted octanol–water partition coefficient (Wildman–Crippen LogP) is 5.85. The summed E-state index contributed by atoms with van der Waals surface area (Å²) in [7, 11) is 1.65. The van der Waals surface area contributed by atoms with Crippen LogP contribution in [0.25, 0.3) is 22.2 Å². The average Bonchev–Trinajstić information content (AvgIpc) is 3.25. The summed E-state index contributed by atoms with van der Waals surface area (Å²) in [6.45, 7) is 4.29. The minimum Gasteiger partial charge on any atom is -0.494 e. The number of nitrogens with two attached hydrogens (primary N) is 1. The molecule has 0 bridgehead atoms. The lowest BCUT2D eigenvalue weighted by Gasteiger charge is -2.33. The number of H-pyrrole nitrogens is 1. The summed E-state index contributed by atoms with van der Waals surface area (Å²) in [6.07, 6.45) is 5.84. The molecule has 1 aliphatic rings. The second-order valence-electron chi connectivity index (χ2n) is 8.54. The number of piperidine rings is 1. The third-order valence-corrected chi connectivity index (χ3v) is 6.58. The molecule has 0 unspecified atom stereocenters. The third kappa shape index (κ3) is 4.16. The van der Waals surface area contributed by atoms with Crippen LogP contribution >= 0.6 is 11.6 Å². The summed E-state index contributed by atoms with van der Waals surface area (Å²) in [6, 6.07) is 11.9. The molecule has 0 amide bonds. The molecule has 5 rings (SSSR count). The highest BCUT2D eigenvalue weighted by Gasteiger charge is 2.20. The molecule has 8 heteroatoms. The van der Waals surface area contributed by atoms with Crippen molar-refractivity contribution in [3.05, 3.63) is 53.8 Å². The van der Waals surface area contributed by atoms with Crippen LogP contribution in [0.15, 0.2) is 48.8 Å². The zero-order chi connectivity index (χ0) is 22.9. The number of hydrogen-bond donors (Lipinski definition) is 3. The van der Waals surface area contributed by atoms with E-state index in [9.17, 15) is 0 Å². The van der Waals surface area contributed by atoms with Gasteiger partial charge < -0.3 is 25.7 Å². The van der Waals surface area contributed by atoms with E-state index >= 15 is 0 Å². The van der Waals surface area contributed by atoms with Crippen molar-refractivity contribution in [1.82, 2.24) is 15.0 Å². The predicted molar refractivity (Wildman–Crippen MR) is 136 cm³/mol. The van der Waals surface area contributed by atoms with Crippen molar-refractivity contribution >= 4 is 45.5 Å². The molecule has 3 heterocycles. The van der Waals surface area contributed by atoms with Gasteiger partial charge in [0.25, 0.3) is 0 Å². The van der Waals surface area contributed by atoms with Crippen molar-refractivity contribution in [2.75, 3.05) is 36.1 Å². The number of para-hydroxylation sites is 1. The minimum atomic E-state index is 0.414. The Morgan fingerprint density at radius 3 is 2.79 bits per heavy atom. The minimum absolute atomic E-state index is 0.414. The van der Waals surface area contributed by atoms with Gasteiger partial charge in [-0.1, -0.05) is 36.7 Å². The summed E-state index contributed by atoms with van der Waals surface area (Å²) in [5, 5.41) is 4.79. The largest absolute Gasteiger partial charge is 0.494 e. The van der Waals surface area contributed by atoms with Gasteiger partial charge in [-0.25, -0.2) is 9.97 Å². The molecule has 4 N–H and O–H groups in total. The van der Waals surface area contributed by atoms with Crippen LogP contribution in [0, 0.1) is 5.92 Å². The Labute approximate surface area is 197 Å². The fourth-order valence-electron chi connectivity index (χ4n) is 4.38. The summed E-state index contributed by atoms with van der Waals surface area (Å²) < 4.78 is 5.68. The van der Waals surface area contributed by atoms with Crippen molar-refractivity contribution in [3.63, 3.8) is 0 Å². The van der Waals surface area contributed by atoms with Crippen molar-refractivity contribution in [2.24, 2.45) is 5.92 Å². The Bertz CT molecular complexity index is 1300. The number of methoxy groups -OCH3 is 1. The number of hydrogen-bond acceptors (Lipinski definition) is 6. The number of anilines is 4. The first kappa shape index (κ1) is 21.4. The van der Waals surface area contributed by atoms with Gasteiger partial charge in [-0.05, 0) is 30.9 Å². The standard InChI is InChI=1S/C25H27ClN6O/c1-15-7-9-32(10-8-15)22-12-23(33-2)21(11-19(22)27)30-25-29-14-18(26)24(31-25)17-13-28-20-6-4-3-5-16(17)20/h3-6,11-15,28H,7-10,27H2,1-2H3,(H,29,30,31). The molecule has 2 aromatic carbocycles. The van der Waals surface area contributed by atoms with Crippen LogP contribution in [-0.4, -0.2) is 35.2 Å². The van der Waals surface area contributed by atoms with Gasteiger partial charge in [0.1, 0.15) is 5.75 Å². The second-order valence-corrected chi connectivity index (χ2v) is 8.95. The van der Waals surface area contributed by atoms with E-state index < -0.39 is 0 Å². The molecule has 0 spiro atoms. The van der Waals surface area contributed by atoms with Crippen LogP contribution in [0.2, 0.25) is 5.02 Å².